The molecule has 0 heterocycles. The Morgan fingerprint density at radius 1 is 0.929 bits per heavy atom. The summed E-state index contributed by atoms with van der Waals surface area (Å²) in [6.07, 6.45) is 0.327. The SMILES string of the molecule is CC[C@H](C(=O)NC(C)(C)C)N(Cc1cccc(C)c1)C(=O)CN(c1cc(OC)ccc1OC)S(=O)(=O)c1ccccc1. The van der Waals surface area contributed by atoms with Crippen molar-refractivity contribution >= 4 is 27.5 Å². The molecule has 226 valence electrons. The third-order valence-corrected chi connectivity index (χ3v) is 8.36. The maximum Gasteiger partial charge on any atom is 0.264 e. The number of ether oxygens (including phenoxy) is 2. The lowest BCUT2D eigenvalue weighted by molar-refractivity contribution is -0.141. The third-order valence-electron chi connectivity index (χ3n) is 6.58. The molecule has 0 saturated heterocycles. The van der Waals surface area contributed by atoms with Crippen LogP contribution in [0.1, 0.15) is 45.2 Å². The number of nitrogens with one attached hydrogen (secondary N) is 1. The molecule has 9 nitrogen and oxygen atoms in total. The predicted octanol–water partition coefficient (Wildman–Crippen LogP) is 4.93. The van der Waals surface area contributed by atoms with E-state index in [9.17, 15) is 18.0 Å². The fourth-order valence-corrected chi connectivity index (χ4v) is 6.04. The van der Waals surface area contributed by atoms with Crippen LogP contribution in [0.4, 0.5) is 5.69 Å². The van der Waals surface area contributed by atoms with Gasteiger partial charge in [-0.2, -0.15) is 0 Å². The summed E-state index contributed by atoms with van der Waals surface area (Å²) in [6, 6.07) is 19.4. The van der Waals surface area contributed by atoms with E-state index in [4.69, 9.17) is 9.47 Å². The van der Waals surface area contributed by atoms with Crippen molar-refractivity contribution < 1.29 is 27.5 Å². The molecule has 10 heteroatoms. The number of aryl methyl sites for hydroxylation is 1. The van der Waals surface area contributed by atoms with Gasteiger partial charge in [-0.25, -0.2) is 8.42 Å². The van der Waals surface area contributed by atoms with E-state index in [1.165, 1.54) is 37.3 Å². The largest absolute Gasteiger partial charge is 0.497 e. The molecule has 0 unspecified atom stereocenters. The Morgan fingerprint density at radius 3 is 2.19 bits per heavy atom. The maximum absolute atomic E-state index is 14.3. The molecule has 3 rings (SSSR count). The molecule has 1 atom stereocenters. The van der Waals surface area contributed by atoms with Gasteiger partial charge in [-0.15, -0.1) is 0 Å². The van der Waals surface area contributed by atoms with Gasteiger partial charge < -0.3 is 19.7 Å². The smallest absolute Gasteiger partial charge is 0.264 e. The second-order valence-corrected chi connectivity index (χ2v) is 12.9. The van der Waals surface area contributed by atoms with Crippen LogP contribution in [0.3, 0.4) is 0 Å². The second-order valence-electron chi connectivity index (χ2n) is 11.0. The minimum absolute atomic E-state index is 0.00502. The second kappa shape index (κ2) is 13.7. The van der Waals surface area contributed by atoms with Crippen molar-refractivity contribution in [3.05, 3.63) is 83.9 Å². The number of amides is 2. The zero-order chi connectivity index (χ0) is 31.1. The van der Waals surface area contributed by atoms with Crippen LogP contribution < -0.4 is 19.1 Å². The van der Waals surface area contributed by atoms with Crippen LogP contribution in [0.5, 0.6) is 11.5 Å². The number of methoxy groups -OCH3 is 2. The number of hydrogen-bond acceptors (Lipinski definition) is 6. The highest BCUT2D eigenvalue weighted by Crippen LogP contribution is 2.36. The number of benzene rings is 3. The topological polar surface area (TPSA) is 105 Å². The normalized spacial score (nSPS) is 12.3. The molecule has 0 radical (unpaired) electrons. The molecular weight excluding hydrogens is 554 g/mol. The van der Waals surface area contributed by atoms with E-state index < -0.39 is 34.1 Å². The molecule has 0 fully saturated rings. The van der Waals surface area contributed by atoms with Gasteiger partial charge in [0.05, 0.1) is 24.8 Å². The van der Waals surface area contributed by atoms with Gasteiger partial charge in [-0.1, -0.05) is 55.0 Å². The standard InChI is InChI=1S/C32H41N3O6S/c1-8-27(31(37)33-32(3,4)5)34(21-24-14-12-13-23(2)19-24)30(36)22-35(42(38,39)26-15-10-9-11-16-26)28-20-25(40-6)17-18-29(28)41-7/h9-20,27H,8,21-22H2,1-7H3,(H,33,37)/t27-/m1/s1. The number of anilines is 1. The first-order valence-electron chi connectivity index (χ1n) is 13.8. The first-order valence-corrected chi connectivity index (χ1v) is 15.2. The van der Waals surface area contributed by atoms with Crippen molar-refractivity contribution in [3.8, 4) is 11.5 Å². The zero-order valence-corrected chi connectivity index (χ0v) is 26.2. The molecular formula is C32H41N3O6S. The lowest BCUT2D eigenvalue weighted by atomic mass is 10.0. The Labute approximate surface area is 249 Å². The minimum Gasteiger partial charge on any atom is -0.497 e. The predicted molar refractivity (Wildman–Crippen MR) is 164 cm³/mol. The minimum atomic E-state index is -4.25. The lowest BCUT2D eigenvalue weighted by Gasteiger charge is -2.35. The summed E-state index contributed by atoms with van der Waals surface area (Å²) in [5.74, 6) is -0.232. The molecule has 3 aromatic carbocycles. The number of nitrogens with zero attached hydrogens (tertiary/aromatic N) is 2. The molecule has 42 heavy (non-hydrogen) atoms. The highest BCUT2D eigenvalue weighted by molar-refractivity contribution is 7.92. The summed E-state index contributed by atoms with van der Waals surface area (Å²) in [6.45, 7) is 8.92. The molecule has 2 amide bonds. The van der Waals surface area contributed by atoms with Crippen LogP contribution in [0.25, 0.3) is 0 Å². The van der Waals surface area contributed by atoms with Crippen LogP contribution in [0.2, 0.25) is 0 Å². The summed E-state index contributed by atoms with van der Waals surface area (Å²) >= 11 is 0. The van der Waals surface area contributed by atoms with Crippen molar-refractivity contribution in [2.75, 3.05) is 25.1 Å². The third kappa shape index (κ3) is 8.03. The Hall–Kier alpha value is -4.05. The first kappa shape index (κ1) is 32.5. The van der Waals surface area contributed by atoms with Crippen LogP contribution >= 0.6 is 0 Å². The van der Waals surface area contributed by atoms with E-state index in [1.54, 1.807) is 30.3 Å². The molecule has 0 aromatic heterocycles. The van der Waals surface area contributed by atoms with Crippen molar-refractivity contribution in [1.82, 2.24) is 10.2 Å². The molecule has 0 saturated carbocycles. The average molecular weight is 596 g/mol. The van der Waals surface area contributed by atoms with Gasteiger partial charge in [0, 0.05) is 18.2 Å². The molecule has 0 aliphatic carbocycles. The quantitative estimate of drug-likeness (QED) is 0.318. The van der Waals surface area contributed by atoms with Crippen molar-refractivity contribution in [2.24, 2.45) is 0 Å². The monoisotopic (exact) mass is 595 g/mol. The Bertz CT molecular complexity index is 1490. The van der Waals surface area contributed by atoms with Gasteiger partial charge >= 0.3 is 0 Å². The molecule has 0 bridgehead atoms. The Balaban J connectivity index is 2.15. The summed E-state index contributed by atoms with van der Waals surface area (Å²) in [7, 11) is -1.36. The van der Waals surface area contributed by atoms with Gasteiger partial charge in [-0.05, 0) is 63.9 Å². The van der Waals surface area contributed by atoms with Gasteiger partial charge in [0.15, 0.2) is 0 Å². The number of rotatable bonds is 12. The number of hydrogen-bond donors (Lipinski definition) is 1. The fourth-order valence-electron chi connectivity index (χ4n) is 4.60. The summed E-state index contributed by atoms with van der Waals surface area (Å²) in [5, 5.41) is 2.98. The van der Waals surface area contributed by atoms with E-state index in [0.29, 0.717) is 12.2 Å². The molecule has 0 aliphatic heterocycles. The summed E-state index contributed by atoms with van der Waals surface area (Å²) in [5.41, 5.74) is 1.43. The van der Waals surface area contributed by atoms with Crippen LogP contribution in [-0.2, 0) is 26.2 Å². The average Bonchev–Trinajstić information content (AvgIpc) is 2.94. The van der Waals surface area contributed by atoms with Crippen LogP contribution in [-0.4, -0.2) is 57.5 Å². The van der Waals surface area contributed by atoms with Crippen LogP contribution in [0, 0.1) is 6.92 Å². The van der Waals surface area contributed by atoms with Gasteiger partial charge in [0.2, 0.25) is 11.8 Å². The number of carbonyl (C=O) groups excluding carboxylic acids is 2. The Morgan fingerprint density at radius 2 is 1.62 bits per heavy atom. The van der Waals surface area contributed by atoms with Crippen molar-refractivity contribution in [2.45, 2.75) is 64.1 Å². The summed E-state index contributed by atoms with van der Waals surface area (Å²) < 4.78 is 40.1. The highest BCUT2D eigenvalue weighted by Gasteiger charge is 2.35. The van der Waals surface area contributed by atoms with E-state index in [0.717, 1.165) is 15.4 Å². The lowest BCUT2D eigenvalue weighted by Crippen LogP contribution is -2.55. The van der Waals surface area contributed by atoms with E-state index in [1.807, 2.05) is 58.9 Å². The highest BCUT2D eigenvalue weighted by atomic mass is 32.2. The number of carbonyl (C=O) groups is 2. The van der Waals surface area contributed by atoms with Gasteiger partial charge in [0.25, 0.3) is 10.0 Å². The van der Waals surface area contributed by atoms with Gasteiger partial charge in [-0.3, -0.25) is 13.9 Å². The molecule has 0 aliphatic rings. The first-order chi connectivity index (χ1) is 19.8. The van der Waals surface area contributed by atoms with E-state index in [2.05, 4.69) is 5.32 Å². The molecule has 0 spiro atoms. The van der Waals surface area contributed by atoms with Crippen molar-refractivity contribution in [1.29, 1.82) is 0 Å². The van der Waals surface area contributed by atoms with E-state index >= 15 is 0 Å². The Kier molecular flexibility index (Phi) is 10.6. The number of sulfonamides is 1. The zero-order valence-electron chi connectivity index (χ0n) is 25.4. The van der Waals surface area contributed by atoms with Crippen molar-refractivity contribution in [3.63, 3.8) is 0 Å². The van der Waals surface area contributed by atoms with E-state index in [-0.39, 0.29) is 28.8 Å². The maximum atomic E-state index is 14.3. The molecule has 1 N–H and O–H groups in total. The van der Waals surface area contributed by atoms with Gasteiger partial charge in [0.1, 0.15) is 24.1 Å². The summed E-state index contributed by atoms with van der Waals surface area (Å²) in [4.78, 5) is 29.2. The molecule has 3 aromatic rings. The fraction of sp³-hybridized carbons (Fsp3) is 0.375. The van der Waals surface area contributed by atoms with Crippen LogP contribution in [0.15, 0.2) is 77.7 Å².